The molecule has 2 heteroatoms. The molecule has 1 aliphatic rings. The van der Waals surface area contributed by atoms with Gasteiger partial charge in [-0.05, 0) is 43.2 Å². The molecule has 1 aliphatic carbocycles. The summed E-state index contributed by atoms with van der Waals surface area (Å²) in [6.45, 7) is 2.17. The molecule has 1 aromatic carbocycles. The van der Waals surface area contributed by atoms with Gasteiger partial charge in [0.2, 0.25) is 0 Å². The molecule has 1 unspecified atom stereocenters. The van der Waals surface area contributed by atoms with Gasteiger partial charge in [0.05, 0.1) is 5.71 Å². The van der Waals surface area contributed by atoms with E-state index in [4.69, 9.17) is 5.21 Å². The SMILES string of the molecule is CCc1ccc(CC2CCCC2=NO)cc1. The predicted molar refractivity (Wildman–Crippen MR) is 66.1 cm³/mol. The maximum atomic E-state index is 8.88. The van der Waals surface area contributed by atoms with Gasteiger partial charge in [-0.1, -0.05) is 36.3 Å². The van der Waals surface area contributed by atoms with Crippen molar-refractivity contribution < 1.29 is 5.21 Å². The Bertz CT molecular complexity index is 367. The Labute approximate surface area is 97.0 Å². The minimum atomic E-state index is 0.456. The van der Waals surface area contributed by atoms with Crippen molar-refractivity contribution >= 4 is 5.71 Å². The Morgan fingerprint density at radius 2 is 1.94 bits per heavy atom. The first-order chi connectivity index (χ1) is 7.83. The van der Waals surface area contributed by atoms with E-state index in [2.05, 4.69) is 36.3 Å². The summed E-state index contributed by atoms with van der Waals surface area (Å²) in [5, 5.41) is 12.3. The maximum absolute atomic E-state index is 8.88. The summed E-state index contributed by atoms with van der Waals surface area (Å²) in [6.07, 6.45) is 5.40. The van der Waals surface area contributed by atoms with Gasteiger partial charge in [0.1, 0.15) is 0 Å². The second-order valence-corrected chi connectivity index (χ2v) is 4.55. The van der Waals surface area contributed by atoms with E-state index in [1.807, 2.05) is 0 Å². The van der Waals surface area contributed by atoms with E-state index in [0.29, 0.717) is 5.92 Å². The van der Waals surface area contributed by atoms with E-state index >= 15 is 0 Å². The molecular weight excluding hydrogens is 198 g/mol. The first-order valence-electron chi connectivity index (χ1n) is 6.12. The van der Waals surface area contributed by atoms with E-state index < -0.39 is 0 Å². The van der Waals surface area contributed by atoms with Gasteiger partial charge >= 0.3 is 0 Å². The molecule has 0 aromatic heterocycles. The molecule has 1 atom stereocenters. The predicted octanol–water partition coefficient (Wildman–Crippen LogP) is 3.42. The molecule has 0 bridgehead atoms. The fourth-order valence-electron chi connectivity index (χ4n) is 2.45. The van der Waals surface area contributed by atoms with Crippen LogP contribution < -0.4 is 0 Å². The van der Waals surface area contributed by atoms with E-state index in [1.165, 1.54) is 11.1 Å². The molecule has 1 saturated carbocycles. The Morgan fingerprint density at radius 3 is 2.56 bits per heavy atom. The highest BCUT2D eigenvalue weighted by Gasteiger charge is 2.23. The van der Waals surface area contributed by atoms with E-state index in [9.17, 15) is 0 Å². The van der Waals surface area contributed by atoms with Crippen LogP contribution in [0, 0.1) is 5.92 Å². The van der Waals surface area contributed by atoms with Gasteiger partial charge < -0.3 is 5.21 Å². The molecule has 0 radical (unpaired) electrons. The van der Waals surface area contributed by atoms with Crippen LogP contribution in [0.2, 0.25) is 0 Å². The summed E-state index contributed by atoms with van der Waals surface area (Å²) >= 11 is 0. The van der Waals surface area contributed by atoms with E-state index in [-0.39, 0.29) is 0 Å². The fraction of sp³-hybridized carbons (Fsp3) is 0.500. The van der Waals surface area contributed by atoms with Crippen molar-refractivity contribution in [3.05, 3.63) is 35.4 Å². The molecule has 1 N–H and O–H groups in total. The van der Waals surface area contributed by atoms with Crippen molar-refractivity contribution in [1.82, 2.24) is 0 Å². The first kappa shape index (κ1) is 11.2. The summed E-state index contributed by atoms with van der Waals surface area (Å²) in [7, 11) is 0. The lowest BCUT2D eigenvalue weighted by Gasteiger charge is -2.10. The van der Waals surface area contributed by atoms with Crippen molar-refractivity contribution in [2.75, 3.05) is 0 Å². The average molecular weight is 217 g/mol. The van der Waals surface area contributed by atoms with Gasteiger partial charge in [0, 0.05) is 5.92 Å². The average Bonchev–Trinajstić information content (AvgIpc) is 2.77. The second kappa shape index (κ2) is 5.15. The molecular formula is C14H19NO. The van der Waals surface area contributed by atoms with Crippen LogP contribution in [-0.2, 0) is 12.8 Å². The number of hydrogen-bond acceptors (Lipinski definition) is 2. The minimum absolute atomic E-state index is 0.456. The van der Waals surface area contributed by atoms with Crippen LogP contribution in [0.5, 0.6) is 0 Å². The molecule has 2 rings (SSSR count). The standard InChI is InChI=1S/C14H19NO/c1-2-11-6-8-12(9-7-11)10-13-4-3-5-14(13)15-16/h6-9,13,16H,2-5,10H2,1H3. The van der Waals surface area contributed by atoms with Crippen LogP contribution in [0.4, 0.5) is 0 Å². The number of hydrogen-bond donors (Lipinski definition) is 1. The van der Waals surface area contributed by atoms with Crippen molar-refractivity contribution in [2.45, 2.75) is 39.0 Å². The Hall–Kier alpha value is -1.31. The number of rotatable bonds is 3. The lowest BCUT2D eigenvalue weighted by atomic mass is 9.96. The minimum Gasteiger partial charge on any atom is -0.411 e. The number of nitrogens with zero attached hydrogens (tertiary/aromatic N) is 1. The number of benzene rings is 1. The van der Waals surface area contributed by atoms with Crippen LogP contribution in [0.1, 0.15) is 37.3 Å². The molecule has 0 heterocycles. The van der Waals surface area contributed by atoms with Crippen LogP contribution >= 0.6 is 0 Å². The highest BCUT2D eigenvalue weighted by molar-refractivity contribution is 5.88. The second-order valence-electron chi connectivity index (χ2n) is 4.55. The summed E-state index contributed by atoms with van der Waals surface area (Å²) in [4.78, 5) is 0. The molecule has 0 aliphatic heterocycles. The highest BCUT2D eigenvalue weighted by Crippen LogP contribution is 2.26. The van der Waals surface area contributed by atoms with E-state index in [0.717, 1.165) is 37.8 Å². The summed E-state index contributed by atoms with van der Waals surface area (Å²) in [5.41, 5.74) is 3.72. The molecule has 16 heavy (non-hydrogen) atoms. The van der Waals surface area contributed by atoms with Gasteiger partial charge in [-0.15, -0.1) is 0 Å². The molecule has 0 saturated heterocycles. The van der Waals surface area contributed by atoms with Gasteiger partial charge in [0.25, 0.3) is 0 Å². The van der Waals surface area contributed by atoms with E-state index in [1.54, 1.807) is 0 Å². The highest BCUT2D eigenvalue weighted by atomic mass is 16.4. The normalized spacial score (nSPS) is 22.8. The lowest BCUT2D eigenvalue weighted by Crippen LogP contribution is -2.10. The summed E-state index contributed by atoms with van der Waals surface area (Å²) < 4.78 is 0. The maximum Gasteiger partial charge on any atom is 0.0604 e. The molecule has 86 valence electrons. The van der Waals surface area contributed by atoms with Gasteiger partial charge in [-0.2, -0.15) is 0 Å². The van der Waals surface area contributed by atoms with Crippen LogP contribution in [0.25, 0.3) is 0 Å². The van der Waals surface area contributed by atoms with Crippen molar-refractivity contribution in [3.8, 4) is 0 Å². The summed E-state index contributed by atoms with van der Waals surface area (Å²) in [5.74, 6) is 0.456. The third-order valence-corrected chi connectivity index (χ3v) is 3.50. The first-order valence-corrected chi connectivity index (χ1v) is 6.12. The van der Waals surface area contributed by atoms with Crippen LogP contribution in [-0.4, -0.2) is 10.9 Å². The Morgan fingerprint density at radius 1 is 1.25 bits per heavy atom. The molecule has 0 amide bonds. The van der Waals surface area contributed by atoms with Crippen molar-refractivity contribution in [2.24, 2.45) is 11.1 Å². The Kier molecular flexibility index (Phi) is 3.60. The molecule has 1 fully saturated rings. The lowest BCUT2D eigenvalue weighted by molar-refractivity contribution is 0.315. The molecule has 0 spiro atoms. The zero-order valence-corrected chi connectivity index (χ0v) is 9.82. The third kappa shape index (κ3) is 2.43. The van der Waals surface area contributed by atoms with Crippen LogP contribution in [0.3, 0.4) is 0 Å². The van der Waals surface area contributed by atoms with Gasteiger partial charge in [-0.3, -0.25) is 0 Å². The van der Waals surface area contributed by atoms with Crippen LogP contribution in [0.15, 0.2) is 29.4 Å². The topological polar surface area (TPSA) is 32.6 Å². The smallest absolute Gasteiger partial charge is 0.0604 e. The molecule has 2 nitrogen and oxygen atoms in total. The molecule has 1 aromatic rings. The zero-order chi connectivity index (χ0) is 11.4. The summed E-state index contributed by atoms with van der Waals surface area (Å²) in [6, 6.07) is 8.79. The largest absolute Gasteiger partial charge is 0.411 e. The monoisotopic (exact) mass is 217 g/mol. The third-order valence-electron chi connectivity index (χ3n) is 3.50. The van der Waals surface area contributed by atoms with Crippen molar-refractivity contribution in [3.63, 3.8) is 0 Å². The number of aryl methyl sites for hydroxylation is 1. The zero-order valence-electron chi connectivity index (χ0n) is 9.82. The van der Waals surface area contributed by atoms with Crippen molar-refractivity contribution in [1.29, 1.82) is 0 Å². The number of oxime groups is 1. The quantitative estimate of drug-likeness (QED) is 0.610. The fourth-order valence-corrected chi connectivity index (χ4v) is 2.45. The van der Waals surface area contributed by atoms with Gasteiger partial charge in [-0.25, -0.2) is 0 Å². The van der Waals surface area contributed by atoms with Gasteiger partial charge in [0.15, 0.2) is 0 Å². The Balaban J connectivity index is 2.03.